The first-order valence-corrected chi connectivity index (χ1v) is 4.75. The van der Waals surface area contributed by atoms with Crippen LogP contribution < -0.4 is 0 Å². The second kappa shape index (κ2) is 4.73. The van der Waals surface area contributed by atoms with E-state index in [1.165, 1.54) is 0 Å². The Balaban J connectivity index is 2.76. The average Bonchev–Trinajstić information content (AvgIpc) is 2.17. The minimum Gasteiger partial charge on any atom is -0.381 e. The number of benzene rings is 1. The van der Waals surface area contributed by atoms with Crippen molar-refractivity contribution in [2.75, 3.05) is 0 Å². The van der Waals surface area contributed by atoms with Crippen LogP contribution >= 0.6 is 11.6 Å². The predicted molar refractivity (Wildman–Crippen MR) is 56.1 cm³/mol. The molecule has 0 saturated carbocycles. The summed E-state index contributed by atoms with van der Waals surface area (Å²) in [4.78, 5) is 0. The van der Waals surface area contributed by atoms with Gasteiger partial charge in [-0.25, -0.2) is 8.78 Å². The molecule has 1 nitrogen and oxygen atoms in total. The van der Waals surface area contributed by atoms with E-state index in [0.717, 1.165) is 0 Å². The number of hydrogen-bond donors (Lipinski definition) is 1. The lowest BCUT2D eigenvalue weighted by Crippen LogP contribution is -2.35. The topological polar surface area (TPSA) is 20.2 Å². The molecule has 0 bridgehead atoms. The van der Waals surface area contributed by atoms with E-state index < -0.39 is 23.5 Å². The molecular formula is C11H11ClF2O. The van der Waals surface area contributed by atoms with Crippen molar-refractivity contribution in [3.8, 4) is 0 Å². The van der Waals surface area contributed by atoms with E-state index in [9.17, 15) is 8.78 Å². The van der Waals surface area contributed by atoms with Gasteiger partial charge in [-0.2, -0.15) is 0 Å². The summed E-state index contributed by atoms with van der Waals surface area (Å²) in [7, 11) is 0. The largest absolute Gasteiger partial charge is 0.381 e. The molecule has 0 aromatic heterocycles. The highest BCUT2D eigenvalue weighted by Gasteiger charge is 2.39. The smallest absolute Gasteiger partial charge is 0.282 e. The minimum atomic E-state index is -3.29. The van der Waals surface area contributed by atoms with Gasteiger partial charge < -0.3 is 5.11 Å². The molecule has 0 aliphatic carbocycles. The highest BCUT2D eigenvalue weighted by atomic mass is 35.5. The lowest BCUT2D eigenvalue weighted by molar-refractivity contribution is -0.0870. The van der Waals surface area contributed by atoms with Crippen molar-refractivity contribution >= 4 is 11.6 Å². The zero-order valence-corrected chi connectivity index (χ0v) is 8.72. The van der Waals surface area contributed by atoms with Gasteiger partial charge in [-0.05, 0) is 5.56 Å². The third-order valence-electron chi connectivity index (χ3n) is 1.98. The summed E-state index contributed by atoms with van der Waals surface area (Å²) in [5.74, 6) is -3.29. The zero-order valence-electron chi connectivity index (χ0n) is 7.96. The van der Waals surface area contributed by atoms with E-state index >= 15 is 0 Å². The third-order valence-corrected chi connectivity index (χ3v) is 2.19. The maximum Gasteiger partial charge on any atom is 0.282 e. The first kappa shape index (κ1) is 12.1. The molecule has 0 aliphatic heterocycles. The normalized spacial score (nSPS) is 13.6. The van der Waals surface area contributed by atoms with Crippen LogP contribution in [-0.4, -0.2) is 17.1 Å². The first-order valence-electron chi connectivity index (χ1n) is 4.37. The van der Waals surface area contributed by atoms with Gasteiger partial charge in [0.2, 0.25) is 0 Å². The summed E-state index contributed by atoms with van der Waals surface area (Å²) < 4.78 is 26.7. The van der Waals surface area contributed by atoms with E-state index in [2.05, 4.69) is 6.58 Å². The molecule has 1 aromatic rings. The van der Waals surface area contributed by atoms with Crippen molar-refractivity contribution in [1.82, 2.24) is 0 Å². The highest BCUT2D eigenvalue weighted by molar-refractivity contribution is 6.29. The Morgan fingerprint density at radius 1 is 1.40 bits per heavy atom. The summed E-state index contributed by atoms with van der Waals surface area (Å²) in [6.45, 7) is 3.10. The molecule has 0 radical (unpaired) electrons. The van der Waals surface area contributed by atoms with E-state index in [4.69, 9.17) is 16.7 Å². The molecule has 1 N–H and O–H groups in total. The summed E-state index contributed by atoms with van der Waals surface area (Å²) in [6.07, 6.45) is -2.57. The molecule has 1 atom stereocenters. The maximum atomic E-state index is 13.4. The summed E-state index contributed by atoms with van der Waals surface area (Å²) in [5, 5.41) is 8.69. The molecule has 0 fully saturated rings. The molecule has 15 heavy (non-hydrogen) atoms. The van der Waals surface area contributed by atoms with Gasteiger partial charge in [0.05, 0.1) is 0 Å². The minimum absolute atomic E-state index is 0.444. The van der Waals surface area contributed by atoms with E-state index in [1.54, 1.807) is 30.3 Å². The summed E-state index contributed by atoms with van der Waals surface area (Å²) >= 11 is 5.25. The van der Waals surface area contributed by atoms with Crippen LogP contribution in [0.2, 0.25) is 0 Å². The van der Waals surface area contributed by atoms with Crippen molar-refractivity contribution < 1.29 is 13.9 Å². The van der Waals surface area contributed by atoms with Crippen LogP contribution in [0.1, 0.15) is 5.56 Å². The van der Waals surface area contributed by atoms with Gasteiger partial charge in [0.1, 0.15) is 0 Å². The van der Waals surface area contributed by atoms with Gasteiger partial charge in [-0.3, -0.25) is 0 Å². The predicted octanol–water partition coefficient (Wildman–Crippen LogP) is 2.98. The zero-order chi connectivity index (χ0) is 11.5. The Morgan fingerprint density at radius 3 is 2.40 bits per heavy atom. The molecule has 0 spiro atoms. The molecule has 82 valence electrons. The molecular weight excluding hydrogens is 222 g/mol. The van der Waals surface area contributed by atoms with Crippen molar-refractivity contribution in [1.29, 1.82) is 0 Å². The number of aliphatic hydroxyl groups excluding tert-OH is 1. The molecule has 0 heterocycles. The molecule has 0 amide bonds. The van der Waals surface area contributed by atoms with Crippen molar-refractivity contribution in [2.24, 2.45) is 0 Å². The van der Waals surface area contributed by atoms with Crippen LogP contribution in [0, 0.1) is 0 Å². The molecule has 1 aromatic carbocycles. The molecule has 4 heteroatoms. The summed E-state index contributed by atoms with van der Waals surface area (Å²) in [6, 6.07) is 8.19. The standard InChI is InChI=1S/C11H11ClF2O/c1-8(12)10(15)11(13,14)7-9-5-3-2-4-6-9/h2-6,10,15H,1,7H2. The van der Waals surface area contributed by atoms with Crippen molar-refractivity contribution in [3.05, 3.63) is 47.5 Å². The molecule has 1 rings (SSSR count). The van der Waals surface area contributed by atoms with E-state index in [-0.39, 0.29) is 0 Å². The van der Waals surface area contributed by atoms with E-state index in [1.807, 2.05) is 0 Å². The van der Waals surface area contributed by atoms with Crippen LogP contribution in [0.4, 0.5) is 8.78 Å². The van der Waals surface area contributed by atoms with Gasteiger partial charge in [-0.1, -0.05) is 48.5 Å². The molecule has 0 saturated heterocycles. The third kappa shape index (κ3) is 3.29. The van der Waals surface area contributed by atoms with Crippen LogP contribution in [0.5, 0.6) is 0 Å². The van der Waals surface area contributed by atoms with Crippen LogP contribution in [0.3, 0.4) is 0 Å². The number of aliphatic hydroxyl groups is 1. The quantitative estimate of drug-likeness (QED) is 0.846. The number of alkyl halides is 2. The fourth-order valence-corrected chi connectivity index (χ4v) is 1.35. The van der Waals surface area contributed by atoms with Crippen LogP contribution in [0.15, 0.2) is 41.9 Å². The molecule has 0 aliphatic rings. The first-order chi connectivity index (χ1) is 6.93. The Kier molecular flexibility index (Phi) is 3.83. The number of rotatable bonds is 4. The Bertz CT molecular complexity index is 338. The Hall–Kier alpha value is -0.930. The van der Waals surface area contributed by atoms with Crippen LogP contribution in [0.25, 0.3) is 0 Å². The van der Waals surface area contributed by atoms with Crippen molar-refractivity contribution in [3.63, 3.8) is 0 Å². The van der Waals surface area contributed by atoms with Gasteiger partial charge in [-0.15, -0.1) is 0 Å². The lowest BCUT2D eigenvalue weighted by atomic mass is 10.0. The lowest BCUT2D eigenvalue weighted by Gasteiger charge is -2.21. The highest BCUT2D eigenvalue weighted by Crippen LogP contribution is 2.28. The van der Waals surface area contributed by atoms with Crippen molar-refractivity contribution in [2.45, 2.75) is 18.4 Å². The van der Waals surface area contributed by atoms with Gasteiger partial charge in [0.25, 0.3) is 5.92 Å². The Labute approximate surface area is 92.0 Å². The molecule has 1 unspecified atom stereocenters. The summed E-state index contributed by atoms with van der Waals surface area (Å²) in [5.41, 5.74) is 0.444. The number of halogens is 3. The maximum absolute atomic E-state index is 13.4. The second-order valence-corrected chi connectivity index (χ2v) is 3.76. The SMILES string of the molecule is C=C(Cl)C(O)C(F)(F)Cc1ccccc1. The fraction of sp³-hybridized carbons (Fsp3) is 0.273. The monoisotopic (exact) mass is 232 g/mol. The Morgan fingerprint density at radius 2 is 1.93 bits per heavy atom. The van der Waals surface area contributed by atoms with Gasteiger partial charge >= 0.3 is 0 Å². The number of hydrogen-bond acceptors (Lipinski definition) is 1. The second-order valence-electron chi connectivity index (χ2n) is 3.27. The van der Waals surface area contributed by atoms with Crippen LogP contribution in [-0.2, 0) is 6.42 Å². The van der Waals surface area contributed by atoms with Gasteiger partial charge in [0, 0.05) is 11.5 Å². The van der Waals surface area contributed by atoms with Gasteiger partial charge in [0.15, 0.2) is 6.10 Å². The average molecular weight is 233 g/mol. The fourth-order valence-electron chi connectivity index (χ4n) is 1.19. The van der Waals surface area contributed by atoms with E-state index in [0.29, 0.717) is 5.56 Å².